The van der Waals surface area contributed by atoms with Crippen molar-refractivity contribution < 1.29 is 14.3 Å². The molecule has 2 heterocycles. The highest BCUT2D eigenvalue weighted by molar-refractivity contribution is 5.81. The van der Waals surface area contributed by atoms with Crippen molar-refractivity contribution in [1.82, 2.24) is 9.80 Å². The first-order chi connectivity index (χ1) is 14.6. The van der Waals surface area contributed by atoms with Crippen LogP contribution in [0.25, 0.3) is 11.0 Å². The summed E-state index contributed by atoms with van der Waals surface area (Å²) in [5.74, 6) is 0.586. The molecule has 0 aliphatic carbocycles. The van der Waals surface area contributed by atoms with Crippen LogP contribution in [-0.4, -0.2) is 60.3 Å². The molecular formula is C24H28N2O4. The lowest BCUT2D eigenvalue weighted by Gasteiger charge is -2.35. The fraction of sp³-hybridized carbons (Fsp3) is 0.375. The quantitative estimate of drug-likeness (QED) is 0.607. The summed E-state index contributed by atoms with van der Waals surface area (Å²) in [6.07, 6.45) is -0.578. The molecular weight excluding hydrogens is 380 g/mol. The molecule has 3 aromatic rings. The van der Waals surface area contributed by atoms with Gasteiger partial charge in [-0.05, 0) is 30.2 Å². The van der Waals surface area contributed by atoms with Crippen molar-refractivity contribution in [3.8, 4) is 5.75 Å². The maximum Gasteiger partial charge on any atom is 0.336 e. The average molecular weight is 408 g/mol. The van der Waals surface area contributed by atoms with Crippen LogP contribution >= 0.6 is 0 Å². The zero-order valence-corrected chi connectivity index (χ0v) is 17.3. The SMILES string of the molecule is Cc1cc(=O)oc2cc(OC[C@@H](O)CN3CCN(Cc4ccccc4)CC3)ccc12. The lowest BCUT2D eigenvalue weighted by Crippen LogP contribution is -2.48. The van der Waals surface area contributed by atoms with Gasteiger partial charge in [-0.25, -0.2) is 4.79 Å². The molecule has 30 heavy (non-hydrogen) atoms. The molecule has 1 atom stereocenters. The molecule has 0 amide bonds. The molecule has 1 aliphatic heterocycles. The molecule has 0 unspecified atom stereocenters. The lowest BCUT2D eigenvalue weighted by atomic mass is 10.1. The molecule has 6 heteroatoms. The summed E-state index contributed by atoms with van der Waals surface area (Å²) >= 11 is 0. The van der Waals surface area contributed by atoms with Gasteiger partial charge in [0.1, 0.15) is 24.0 Å². The molecule has 0 radical (unpaired) electrons. The number of benzene rings is 2. The van der Waals surface area contributed by atoms with E-state index in [9.17, 15) is 9.90 Å². The van der Waals surface area contributed by atoms with Crippen LogP contribution in [-0.2, 0) is 6.54 Å². The number of β-amino-alcohol motifs (C(OH)–C–C–N with tert-alkyl or cyclic N) is 1. The molecule has 6 nitrogen and oxygen atoms in total. The van der Waals surface area contributed by atoms with E-state index in [1.165, 1.54) is 11.6 Å². The maximum atomic E-state index is 11.6. The largest absolute Gasteiger partial charge is 0.491 e. The molecule has 1 saturated heterocycles. The number of piperazine rings is 1. The van der Waals surface area contributed by atoms with Gasteiger partial charge in [-0.1, -0.05) is 30.3 Å². The monoisotopic (exact) mass is 408 g/mol. The van der Waals surface area contributed by atoms with E-state index in [4.69, 9.17) is 9.15 Å². The van der Waals surface area contributed by atoms with Crippen LogP contribution in [0, 0.1) is 6.92 Å². The average Bonchev–Trinajstić information content (AvgIpc) is 2.74. The predicted molar refractivity (Wildman–Crippen MR) is 117 cm³/mol. The van der Waals surface area contributed by atoms with Crippen LogP contribution in [0.3, 0.4) is 0 Å². The Labute approximate surface area is 176 Å². The van der Waals surface area contributed by atoms with Crippen LogP contribution in [0.1, 0.15) is 11.1 Å². The van der Waals surface area contributed by atoms with Gasteiger partial charge < -0.3 is 14.3 Å². The Morgan fingerprint density at radius 3 is 2.53 bits per heavy atom. The van der Waals surface area contributed by atoms with Crippen LogP contribution in [0.2, 0.25) is 0 Å². The Morgan fingerprint density at radius 1 is 1.03 bits per heavy atom. The molecule has 1 aliphatic rings. The smallest absolute Gasteiger partial charge is 0.336 e. The number of aliphatic hydroxyl groups is 1. The van der Waals surface area contributed by atoms with Gasteiger partial charge in [0.05, 0.1) is 0 Å². The molecule has 1 N–H and O–H groups in total. The molecule has 1 aromatic heterocycles. The molecule has 0 bridgehead atoms. The van der Waals surface area contributed by atoms with E-state index in [0.717, 1.165) is 43.7 Å². The van der Waals surface area contributed by atoms with Crippen molar-refractivity contribution in [3.63, 3.8) is 0 Å². The Hall–Kier alpha value is -2.67. The third-order valence-electron chi connectivity index (χ3n) is 5.55. The van der Waals surface area contributed by atoms with Gasteiger partial charge in [-0.2, -0.15) is 0 Å². The molecule has 1 fully saturated rings. The Morgan fingerprint density at radius 2 is 1.77 bits per heavy atom. The summed E-state index contributed by atoms with van der Waals surface area (Å²) in [6, 6.07) is 17.4. The highest BCUT2D eigenvalue weighted by Gasteiger charge is 2.19. The van der Waals surface area contributed by atoms with Crippen molar-refractivity contribution in [3.05, 3.63) is 76.1 Å². The second kappa shape index (κ2) is 9.43. The Kier molecular flexibility index (Phi) is 6.47. The first-order valence-electron chi connectivity index (χ1n) is 10.4. The predicted octanol–water partition coefficient (Wildman–Crippen LogP) is 2.66. The first-order valence-corrected chi connectivity index (χ1v) is 10.4. The highest BCUT2D eigenvalue weighted by Crippen LogP contribution is 2.22. The van der Waals surface area contributed by atoms with Crippen LogP contribution < -0.4 is 10.4 Å². The van der Waals surface area contributed by atoms with Crippen LogP contribution in [0.4, 0.5) is 0 Å². The summed E-state index contributed by atoms with van der Waals surface area (Å²) in [5.41, 5.74) is 2.34. The summed E-state index contributed by atoms with van der Waals surface area (Å²) < 4.78 is 11.0. The van der Waals surface area contributed by atoms with Crippen LogP contribution in [0.5, 0.6) is 5.75 Å². The second-order valence-electron chi connectivity index (χ2n) is 7.93. The molecule has 0 saturated carbocycles. The number of aliphatic hydroxyl groups excluding tert-OH is 1. The molecule has 2 aromatic carbocycles. The summed E-state index contributed by atoms with van der Waals surface area (Å²) in [5, 5.41) is 11.3. The summed E-state index contributed by atoms with van der Waals surface area (Å²) in [4.78, 5) is 16.3. The topological polar surface area (TPSA) is 66.2 Å². The zero-order chi connectivity index (χ0) is 20.9. The third-order valence-corrected chi connectivity index (χ3v) is 5.55. The number of fused-ring (bicyclic) bond motifs is 1. The highest BCUT2D eigenvalue weighted by atomic mass is 16.5. The maximum absolute atomic E-state index is 11.6. The second-order valence-corrected chi connectivity index (χ2v) is 7.93. The zero-order valence-electron chi connectivity index (χ0n) is 17.3. The summed E-state index contributed by atoms with van der Waals surface area (Å²) in [6.45, 7) is 7.49. The van der Waals surface area contributed by atoms with Crippen molar-refractivity contribution in [2.24, 2.45) is 0 Å². The lowest BCUT2D eigenvalue weighted by molar-refractivity contribution is 0.0446. The Balaban J connectivity index is 1.24. The van der Waals surface area contributed by atoms with Gasteiger partial charge in [-0.15, -0.1) is 0 Å². The standard InChI is InChI=1S/C24H28N2O4/c1-18-13-24(28)30-23-14-21(7-8-22(18)23)29-17-20(27)16-26-11-9-25(10-12-26)15-19-5-3-2-4-6-19/h2-8,13-14,20,27H,9-12,15-17H2,1H3/t20-/m0/s1. The van der Waals surface area contributed by atoms with E-state index in [1.807, 2.05) is 25.1 Å². The van der Waals surface area contributed by atoms with Gasteiger partial charge in [-0.3, -0.25) is 9.80 Å². The number of aryl methyl sites for hydroxylation is 1. The van der Waals surface area contributed by atoms with Crippen molar-refractivity contribution >= 4 is 11.0 Å². The summed E-state index contributed by atoms with van der Waals surface area (Å²) in [7, 11) is 0. The number of hydrogen-bond acceptors (Lipinski definition) is 6. The molecule has 158 valence electrons. The minimum Gasteiger partial charge on any atom is -0.491 e. The van der Waals surface area contributed by atoms with E-state index >= 15 is 0 Å². The van der Waals surface area contributed by atoms with E-state index in [-0.39, 0.29) is 12.2 Å². The van der Waals surface area contributed by atoms with Gasteiger partial charge in [0.25, 0.3) is 0 Å². The van der Waals surface area contributed by atoms with E-state index in [2.05, 4.69) is 34.1 Å². The number of rotatable bonds is 7. The normalized spacial score (nSPS) is 16.6. The fourth-order valence-corrected chi connectivity index (χ4v) is 3.91. The van der Waals surface area contributed by atoms with Gasteiger partial charge in [0, 0.05) is 56.8 Å². The number of nitrogens with zero attached hydrogens (tertiary/aromatic N) is 2. The third kappa shape index (κ3) is 5.27. The van der Waals surface area contributed by atoms with Crippen molar-refractivity contribution in [2.75, 3.05) is 39.3 Å². The molecule has 4 rings (SSSR count). The number of hydrogen-bond donors (Lipinski definition) is 1. The Bertz CT molecular complexity index is 1030. The van der Waals surface area contributed by atoms with Crippen LogP contribution in [0.15, 0.2) is 63.8 Å². The van der Waals surface area contributed by atoms with Crippen molar-refractivity contribution in [2.45, 2.75) is 19.6 Å². The minimum absolute atomic E-state index is 0.200. The fourth-order valence-electron chi connectivity index (χ4n) is 3.91. The van der Waals surface area contributed by atoms with E-state index in [0.29, 0.717) is 17.9 Å². The van der Waals surface area contributed by atoms with Gasteiger partial charge >= 0.3 is 5.63 Å². The minimum atomic E-state index is -0.578. The van der Waals surface area contributed by atoms with E-state index in [1.54, 1.807) is 6.07 Å². The van der Waals surface area contributed by atoms with Gasteiger partial charge in [0.2, 0.25) is 0 Å². The molecule has 0 spiro atoms. The van der Waals surface area contributed by atoms with E-state index < -0.39 is 6.10 Å². The van der Waals surface area contributed by atoms with Gasteiger partial charge in [0.15, 0.2) is 0 Å². The first kappa shape index (κ1) is 20.6. The van der Waals surface area contributed by atoms with Crippen molar-refractivity contribution in [1.29, 1.82) is 0 Å². The number of ether oxygens (including phenoxy) is 1.